The fraction of sp³-hybridized carbons (Fsp3) is 0.417. The molecule has 0 amide bonds. The zero-order chi connectivity index (χ0) is 14.0. The summed E-state index contributed by atoms with van der Waals surface area (Å²) in [6, 6.07) is 8.30. The fourth-order valence-electron chi connectivity index (χ4n) is 1.78. The largest absolute Gasteiger partial charge is 0.479 e. The number of aliphatic carboxylic acids is 1. The number of ether oxygens (including phenoxy) is 2. The van der Waals surface area contributed by atoms with Gasteiger partial charge in [-0.05, 0) is 12.1 Å². The normalized spacial score (nSPS) is 33.0. The second kappa shape index (κ2) is 6.64. The zero-order valence-corrected chi connectivity index (χ0v) is 10.3. The quantitative estimate of drug-likeness (QED) is 0.509. The first-order valence-electron chi connectivity index (χ1n) is 5.65. The Morgan fingerprint density at radius 2 is 1.65 bits per heavy atom. The Morgan fingerprint density at radius 3 is 2.20 bits per heavy atom. The van der Waals surface area contributed by atoms with E-state index in [0.717, 1.165) is 0 Å². The van der Waals surface area contributed by atoms with Crippen molar-refractivity contribution in [2.75, 3.05) is 0 Å². The molecule has 1 aliphatic heterocycles. The Kier molecular flexibility index (Phi) is 5.43. The molecule has 1 fully saturated rings. The number of carboxylic acids is 1. The Labute approximate surface area is 114 Å². The molecule has 1 aromatic carbocycles. The van der Waals surface area contributed by atoms with Crippen LogP contribution in [0.25, 0.3) is 0 Å². The molecule has 1 aromatic rings. The molecule has 0 radical (unpaired) electrons. The summed E-state index contributed by atoms with van der Waals surface area (Å²) >= 11 is 0. The van der Waals surface area contributed by atoms with Crippen molar-refractivity contribution in [2.45, 2.75) is 30.7 Å². The average Bonchev–Trinajstić information content (AvgIpc) is 2.40. The van der Waals surface area contributed by atoms with Crippen molar-refractivity contribution < 1.29 is 40.2 Å². The number of hydrogen-bond donors (Lipinski definition) is 4. The van der Waals surface area contributed by atoms with Gasteiger partial charge in [0.1, 0.15) is 24.1 Å². The third kappa shape index (κ3) is 3.24. The van der Waals surface area contributed by atoms with Crippen molar-refractivity contribution in [3.05, 3.63) is 30.3 Å². The van der Waals surface area contributed by atoms with Gasteiger partial charge in [0.25, 0.3) is 0 Å². The van der Waals surface area contributed by atoms with Gasteiger partial charge in [0.15, 0.2) is 6.10 Å². The van der Waals surface area contributed by atoms with Gasteiger partial charge in [-0.1, -0.05) is 18.2 Å². The molecule has 1 saturated heterocycles. The zero-order valence-electron chi connectivity index (χ0n) is 10.3. The van der Waals surface area contributed by atoms with Gasteiger partial charge >= 0.3 is 5.97 Å². The van der Waals surface area contributed by atoms with Crippen LogP contribution >= 0.6 is 0 Å². The first kappa shape index (κ1) is 16.3. The second-order valence-corrected chi connectivity index (χ2v) is 4.17. The number of aliphatic hydroxyl groups is 3. The maximum atomic E-state index is 10.9. The molecule has 0 spiro atoms. The Balaban J connectivity index is 0.00000200. The van der Waals surface area contributed by atoms with Crippen LogP contribution < -0.4 is 4.74 Å². The van der Waals surface area contributed by atoms with E-state index in [1.807, 2.05) is 0 Å². The molecule has 5 atom stereocenters. The first-order valence-corrected chi connectivity index (χ1v) is 5.65. The molecule has 8 heteroatoms. The predicted molar refractivity (Wildman–Crippen MR) is 65.0 cm³/mol. The third-order valence-electron chi connectivity index (χ3n) is 2.81. The highest BCUT2D eigenvalue weighted by Crippen LogP contribution is 2.24. The van der Waals surface area contributed by atoms with Gasteiger partial charge in [-0.25, -0.2) is 4.79 Å². The van der Waals surface area contributed by atoms with E-state index in [4.69, 9.17) is 14.6 Å². The fourth-order valence-corrected chi connectivity index (χ4v) is 1.78. The van der Waals surface area contributed by atoms with Gasteiger partial charge in [-0.2, -0.15) is 0 Å². The van der Waals surface area contributed by atoms with Crippen LogP contribution in [0.4, 0.5) is 0 Å². The summed E-state index contributed by atoms with van der Waals surface area (Å²) < 4.78 is 10.2. The minimum Gasteiger partial charge on any atom is -0.479 e. The lowest BCUT2D eigenvalue weighted by molar-refractivity contribution is -0.271. The second-order valence-electron chi connectivity index (χ2n) is 4.17. The summed E-state index contributed by atoms with van der Waals surface area (Å²) in [6.45, 7) is 0. The standard InChI is InChI=1S/C12H14O7.H2O/c13-7-8(14)10(11(16)17)19-12(9(7)15)18-6-4-2-1-3-5-6;/h1-5,7-10,12-15H,(H,16,17);1H2/t7?,8-,9?,10?,12-;/m1./s1. The lowest BCUT2D eigenvalue weighted by Crippen LogP contribution is -2.61. The lowest BCUT2D eigenvalue weighted by Gasteiger charge is -2.38. The Hall–Kier alpha value is -1.71. The highest BCUT2D eigenvalue weighted by Gasteiger charge is 2.48. The van der Waals surface area contributed by atoms with Crippen molar-refractivity contribution >= 4 is 5.97 Å². The first-order chi connectivity index (χ1) is 9.00. The SMILES string of the molecule is O.O=C(O)C1O[C@@H](Oc2ccccc2)C(O)C(O)[C@H]1O. The van der Waals surface area contributed by atoms with E-state index < -0.39 is 36.7 Å². The Bertz CT molecular complexity index is 436. The molecular weight excluding hydrogens is 272 g/mol. The van der Waals surface area contributed by atoms with Gasteiger partial charge in [-0.15, -0.1) is 0 Å². The van der Waals surface area contributed by atoms with Crippen LogP contribution in [0.5, 0.6) is 5.75 Å². The smallest absolute Gasteiger partial charge is 0.335 e. The minimum absolute atomic E-state index is 0. The number of carboxylic acid groups (broad SMARTS) is 1. The molecule has 8 nitrogen and oxygen atoms in total. The summed E-state index contributed by atoms with van der Waals surface area (Å²) in [5.41, 5.74) is 0. The van der Waals surface area contributed by atoms with Crippen molar-refractivity contribution in [1.29, 1.82) is 0 Å². The lowest BCUT2D eigenvalue weighted by atomic mass is 9.99. The molecule has 0 aromatic heterocycles. The third-order valence-corrected chi connectivity index (χ3v) is 2.81. The molecular formula is C12H16O8. The Morgan fingerprint density at radius 1 is 1.05 bits per heavy atom. The van der Waals surface area contributed by atoms with Crippen LogP contribution in [0.3, 0.4) is 0 Å². The number of benzene rings is 1. The summed E-state index contributed by atoms with van der Waals surface area (Å²) in [6.07, 6.45) is -7.97. The van der Waals surface area contributed by atoms with Gasteiger partial charge in [0.05, 0.1) is 0 Å². The van der Waals surface area contributed by atoms with Crippen LogP contribution in [-0.2, 0) is 9.53 Å². The van der Waals surface area contributed by atoms with Crippen LogP contribution in [0.1, 0.15) is 0 Å². The number of carbonyl (C=O) groups is 1. The molecule has 2 rings (SSSR count). The highest BCUT2D eigenvalue weighted by molar-refractivity contribution is 5.73. The molecule has 1 heterocycles. The van der Waals surface area contributed by atoms with Crippen molar-refractivity contribution in [1.82, 2.24) is 0 Å². The maximum Gasteiger partial charge on any atom is 0.335 e. The molecule has 6 N–H and O–H groups in total. The van der Waals surface area contributed by atoms with E-state index in [2.05, 4.69) is 0 Å². The van der Waals surface area contributed by atoms with Gasteiger partial charge in [-0.3, -0.25) is 0 Å². The number of rotatable bonds is 3. The molecule has 112 valence electrons. The number of aliphatic hydroxyl groups excluding tert-OH is 3. The van der Waals surface area contributed by atoms with Crippen LogP contribution in [0.15, 0.2) is 30.3 Å². The van der Waals surface area contributed by atoms with E-state index >= 15 is 0 Å². The highest BCUT2D eigenvalue weighted by atomic mass is 16.7. The molecule has 1 aliphatic rings. The van der Waals surface area contributed by atoms with Crippen molar-refractivity contribution in [3.63, 3.8) is 0 Å². The van der Waals surface area contributed by atoms with Crippen molar-refractivity contribution in [3.8, 4) is 5.75 Å². The topological polar surface area (TPSA) is 148 Å². The van der Waals surface area contributed by atoms with Crippen LogP contribution in [0, 0.1) is 0 Å². The summed E-state index contributed by atoms with van der Waals surface area (Å²) in [5, 5.41) is 37.7. The maximum absolute atomic E-state index is 10.9. The molecule has 0 saturated carbocycles. The number of hydrogen-bond acceptors (Lipinski definition) is 6. The number of para-hydroxylation sites is 1. The van der Waals surface area contributed by atoms with Crippen LogP contribution in [-0.4, -0.2) is 62.6 Å². The monoisotopic (exact) mass is 288 g/mol. The summed E-state index contributed by atoms with van der Waals surface area (Å²) in [5.74, 6) is -1.10. The minimum atomic E-state index is -1.72. The van der Waals surface area contributed by atoms with Gasteiger partial charge in [0, 0.05) is 0 Å². The van der Waals surface area contributed by atoms with Crippen molar-refractivity contribution in [2.24, 2.45) is 0 Å². The van der Waals surface area contributed by atoms with Gasteiger partial charge < -0.3 is 35.4 Å². The predicted octanol–water partition coefficient (Wildman–Crippen LogP) is -1.87. The summed E-state index contributed by atoms with van der Waals surface area (Å²) in [4.78, 5) is 10.9. The molecule has 0 aliphatic carbocycles. The van der Waals surface area contributed by atoms with Gasteiger partial charge in [0.2, 0.25) is 6.29 Å². The molecule has 0 bridgehead atoms. The van der Waals surface area contributed by atoms with E-state index in [9.17, 15) is 20.1 Å². The van der Waals surface area contributed by atoms with E-state index in [0.29, 0.717) is 5.75 Å². The summed E-state index contributed by atoms with van der Waals surface area (Å²) in [7, 11) is 0. The van der Waals surface area contributed by atoms with E-state index in [1.54, 1.807) is 30.3 Å². The molecule has 20 heavy (non-hydrogen) atoms. The molecule has 3 unspecified atom stereocenters. The van der Waals surface area contributed by atoms with E-state index in [-0.39, 0.29) is 5.48 Å². The van der Waals surface area contributed by atoms with Crippen LogP contribution in [0.2, 0.25) is 0 Å². The van der Waals surface area contributed by atoms with E-state index in [1.165, 1.54) is 0 Å². The average molecular weight is 288 g/mol.